The average molecular weight is 436 g/mol. The third-order valence-corrected chi connectivity index (χ3v) is 6.72. The molecule has 2 fully saturated rings. The Kier molecular flexibility index (Phi) is 6.31. The van der Waals surface area contributed by atoms with Gasteiger partial charge in [-0.05, 0) is 19.1 Å². The molecule has 2 unspecified atom stereocenters. The molecule has 0 bridgehead atoms. The smallest absolute Gasteiger partial charge is 0.195 e. The summed E-state index contributed by atoms with van der Waals surface area (Å²) < 4.78 is 17.7. The summed E-state index contributed by atoms with van der Waals surface area (Å²) in [5.74, 6) is -1.45. The molecule has 0 radical (unpaired) electrons. The van der Waals surface area contributed by atoms with Crippen molar-refractivity contribution in [2.45, 2.75) is 50.0 Å². The maximum absolute atomic E-state index is 13.6. The van der Waals surface area contributed by atoms with Crippen molar-refractivity contribution >= 4 is 29.1 Å². The zero-order chi connectivity index (χ0) is 21.3. The van der Waals surface area contributed by atoms with Crippen LogP contribution in [0, 0.1) is 11.8 Å². The highest BCUT2D eigenvalue weighted by atomic mass is 32.2. The lowest BCUT2D eigenvalue weighted by Crippen LogP contribution is -2.49. The average Bonchev–Trinajstić information content (AvgIpc) is 3.23. The molecule has 164 valence electrons. The number of likely N-dealkylation sites (N-methyl/N-ethyl adjacent to an activating group) is 1. The zero-order valence-corrected chi connectivity index (χ0v) is 18.6. The minimum atomic E-state index is -0.892. The minimum absolute atomic E-state index is 0.0937. The third-order valence-electron chi connectivity index (χ3n) is 6.17. The highest BCUT2D eigenvalue weighted by Gasteiger charge is 2.51. The Bertz CT molecular complexity index is 827. The number of rotatable bonds is 6. The van der Waals surface area contributed by atoms with Crippen molar-refractivity contribution < 1.29 is 23.8 Å². The van der Waals surface area contributed by atoms with Gasteiger partial charge < -0.3 is 19.1 Å². The second-order valence-corrected chi connectivity index (χ2v) is 8.82. The van der Waals surface area contributed by atoms with Crippen LogP contribution in [0.25, 0.3) is 0 Å². The van der Waals surface area contributed by atoms with Gasteiger partial charge in [-0.25, -0.2) is 9.97 Å². The van der Waals surface area contributed by atoms with Gasteiger partial charge >= 0.3 is 0 Å². The van der Waals surface area contributed by atoms with Crippen molar-refractivity contribution in [2.75, 3.05) is 44.6 Å². The highest BCUT2D eigenvalue weighted by Crippen LogP contribution is 2.43. The number of thioether (sulfide) groups is 1. The fourth-order valence-corrected chi connectivity index (χ4v) is 5.07. The molecule has 1 saturated heterocycles. The van der Waals surface area contributed by atoms with E-state index in [9.17, 15) is 9.59 Å². The topological polar surface area (TPSA) is 90.9 Å². The van der Waals surface area contributed by atoms with E-state index in [0.717, 1.165) is 12.8 Å². The molecule has 2 aliphatic heterocycles. The van der Waals surface area contributed by atoms with Gasteiger partial charge in [-0.15, -0.1) is 0 Å². The molecule has 1 aliphatic carbocycles. The molecule has 4 rings (SSSR count). The van der Waals surface area contributed by atoms with Crippen molar-refractivity contribution in [3.8, 4) is 5.75 Å². The molecule has 1 aromatic rings. The van der Waals surface area contributed by atoms with Gasteiger partial charge in [0.2, 0.25) is 0 Å². The number of carbonyl (C=O) groups is 2. The Morgan fingerprint density at radius 1 is 1.23 bits per heavy atom. The lowest BCUT2D eigenvalue weighted by atomic mass is 9.73. The van der Waals surface area contributed by atoms with E-state index in [1.165, 1.54) is 11.8 Å². The Labute approximate surface area is 181 Å². The molecule has 1 saturated carbocycles. The zero-order valence-electron chi connectivity index (χ0n) is 17.8. The van der Waals surface area contributed by atoms with E-state index in [4.69, 9.17) is 14.2 Å². The van der Waals surface area contributed by atoms with Crippen molar-refractivity contribution in [1.82, 2.24) is 9.97 Å². The van der Waals surface area contributed by atoms with Crippen LogP contribution >= 0.6 is 11.8 Å². The first-order valence-electron chi connectivity index (χ1n) is 10.7. The summed E-state index contributed by atoms with van der Waals surface area (Å²) >= 11 is 1.37. The summed E-state index contributed by atoms with van der Waals surface area (Å²) in [5.41, 5.74) is 0.215. The van der Waals surface area contributed by atoms with Crippen LogP contribution in [0.1, 0.15) is 49.5 Å². The van der Waals surface area contributed by atoms with Gasteiger partial charge in [0.25, 0.3) is 0 Å². The highest BCUT2D eigenvalue weighted by molar-refractivity contribution is 7.98. The van der Waals surface area contributed by atoms with Crippen LogP contribution in [0.3, 0.4) is 0 Å². The number of ether oxygens (including phenoxy) is 3. The Hall–Kier alpha value is -1.71. The van der Waals surface area contributed by atoms with Crippen LogP contribution in [0.15, 0.2) is 5.16 Å². The Morgan fingerprint density at radius 3 is 2.70 bits per heavy atom. The summed E-state index contributed by atoms with van der Waals surface area (Å²) in [5, 5.41) is 0.499. The molecular formula is C21H29N3O5S. The summed E-state index contributed by atoms with van der Waals surface area (Å²) in [6, 6.07) is 0. The molecule has 30 heavy (non-hydrogen) atoms. The fourth-order valence-electron chi connectivity index (χ4n) is 4.71. The standard InChI is InChI=1S/C21H29N3O5S/c1-4-8-21(28-11-12-29-21)14-7-5-6-13(16(14)25)17(26)15-18-19(23-20(22-15)30-3)24(2)9-10-27-18/h13-14H,4-12H2,1-3H3. The first-order chi connectivity index (χ1) is 14.5. The van der Waals surface area contributed by atoms with E-state index >= 15 is 0 Å². The summed E-state index contributed by atoms with van der Waals surface area (Å²) in [4.78, 5) is 38.0. The Balaban J connectivity index is 1.67. The lowest BCUT2D eigenvalue weighted by molar-refractivity contribution is -0.206. The largest absolute Gasteiger partial charge is 0.486 e. The molecule has 2 atom stereocenters. The number of Topliss-reactive ketones (excluding diaryl/α,β-unsaturated/α-hetero) is 2. The van der Waals surface area contributed by atoms with Gasteiger partial charge in [-0.3, -0.25) is 9.59 Å². The molecule has 3 heterocycles. The molecule has 3 aliphatic rings. The number of carbonyl (C=O) groups excluding carboxylic acids is 2. The van der Waals surface area contributed by atoms with Gasteiger partial charge in [0, 0.05) is 13.5 Å². The predicted molar refractivity (Wildman–Crippen MR) is 112 cm³/mol. The Morgan fingerprint density at radius 2 is 2.00 bits per heavy atom. The van der Waals surface area contributed by atoms with Gasteiger partial charge in [0.1, 0.15) is 6.61 Å². The summed E-state index contributed by atoms with van der Waals surface area (Å²) in [7, 11) is 1.91. The number of fused-ring (bicyclic) bond motifs is 1. The maximum atomic E-state index is 13.6. The van der Waals surface area contributed by atoms with Crippen molar-refractivity contribution in [3.63, 3.8) is 0 Å². The number of nitrogens with zero attached hydrogens (tertiary/aromatic N) is 3. The number of ketones is 2. The summed E-state index contributed by atoms with van der Waals surface area (Å²) in [6.07, 6.45) is 5.33. The SMILES string of the molecule is CCCC1(C2CCCC(C(=O)c3nc(SC)nc4c3OCCN4C)C2=O)OCCO1. The first-order valence-corrected chi connectivity index (χ1v) is 11.9. The van der Waals surface area contributed by atoms with Crippen LogP contribution in [0.5, 0.6) is 5.75 Å². The van der Waals surface area contributed by atoms with E-state index in [0.29, 0.717) is 62.4 Å². The number of anilines is 1. The molecule has 0 aromatic carbocycles. The van der Waals surface area contributed by atoms with Crippen LogP contribution < -0.4 is 9.64 Å². The second-order valence-electron chi connectivity index (χ2n) is 8.04. The molecule has 1 aromatic heterocycles. The third kappa shape index (κ3) is 3.71. The molecule has 9 heteroatoms. The first kappa shape index (κ1) is 21.5. The molecule has 0 spiro atoms. The van der Waals surface area contributed by atoms with E-state index in [1.54, 1.807) is 0 Å². The number of hydrogen-bond donors (Lipinski definition) is 0. The van der Waals surface area contributed by atoms with Gasteiger partial charge in [-0.1, -0.05) is 31.5 Å². The maximum Gasteiger partial charge on any atom is 0.195 e. The van der Waals surface area contributed by atoms with E-state index in [2.05, 4.69) is 9.97 Å². The molecule has 0 amide bonds. The molecular weight excluding hydrogens is 406 g/mol. The lowest BCUT2D eigenvalue weighted by Gasteiger charge is -2.39. The normalized spacial score (nSPS) is 25.7. The van der Waals surface area contributed by atoms with Crippen molar-refractivity contribution in [3.05, 3.63) is 5.69 Å². The second kappa shape index (κ2) is 8.80. The van der Waals surface area contributed by atoms with Gasteiger partial charge in [0.15, 0.2) is 39.8 Å². The minimum Gasteiger partial charge on any atom is -0.486 e. The fraction of sp³-hybridized carbons (Fsp3) is 0.714. The number of aromatic nitrogens is 2. The van der Waals surface area contributed by atoms with Gasteiger partial charge in [0.05, 0.1) is 31.6 Å². The summed E-state index contributed by atoms with van der Waals surface area (Å²) in [6.45, 7) is 4.16. The molecule has 8 nitrogen and oxygen atoms in total. The van der Waals surface area contributed by atoms with Crippen molar-refractivity contribution in [1.29, 1.82) is 0 Å². The van der Waals surface area contributed by atoms with E-state index < -0.39 is 17.6 Å². The predicted octanol–water partition coefficient (Wildman–Crippen LogP) is 2.74. The number of hydrogen-bond acceptors (Lipinski definition) is 9. The van der Waals surface area contributed by atoms with E-state index in [-0.39, 0.29) is 17.3 Å². The van der Waals surface area contributed by atoms with Gasteiger partial charge in [-0.2, -0.15) is 0 Å². The molecule has 0 N–H and O–H groups in total. The van der Waals surface area contributed by atoms with Crippen LogP contribution in [0.2, 0.25) is 0 Å². The van der Waals surface area contributed by atoms with E-state index in [1.807, 2.05) is 25.1 Å². The quantitative estimate of drug-likeness (QED) is 0.289. The van der Waals surface area contributed by atoms with Crippen molar-refractivity contribution in [2.24, 2.45) is 11.8 Å². The van der Waals surface area contributed by atoms with Crippen LogP contribution in [0.4, 0.5) is 5.82 Å². The monoisotopic (exact) mass is 435 g/mol. The van der Waals surface area contributed by atoms with Crippen LogP contribution in [-0.2, 0) is 14.3 Å². The van der Waals surface area contributed by atoms with Crippen LogP contribution in [-0.4, -0.2) is 67.0 Å².